The standard InChI is InChI=1S/C23H22ClFN2O4S/c1-2-31-20-11-9-19(10-12-20)27(32(29,30)21-13-7-18(25)8-14-21)16-23(28)26-15-17-5-3-4-6-22(17)24/h3-14H,2,15-16H2,1H3,(H,26,28). The molecule has 0 radical (unpaired) electrons. The van der Waals surface area contributed by atoms with Crippen molar-refractivity contribution in [3.8, 4) is 5.75 Å². The normalized spacial score (nSPS) is 11.1. The Morgan fingerprint density at radius 3 is 2.31 bits per heavy atom. The molecule has 9 heteroatoms. The Labute approximate surface area is 191 Å². The van der Waals surface area contributed by atoms with Crippen LogP contribution in [0.5, 0.6) is 5.75 Å². The van der Waals surface area contributed by atoms with Crippen LogP contribution >= 0.6 is 11.6 Å². The van der Waals surface area contributed by atoms with Crippen molar-refractivity contribution in [2.75, 3.05) is 17.5 Å². The number of rotatable bonds is 9. The molecule has 0 fully saturated rings. The zero-order valence-electron chi connectivity index (χ0n) is 17.3. The molecule has 0 atom stereocenters. The summed E-state index contributed by atoms with van der Waals surface area (Å²) in [7, 11) is -4.14. The van der Waals surface area contributed by atoms with Crippen LogP contribution in [-0.4, -0.2) is 27.5 Å². The second kappa shape index (κ2) is 10.5. The molecule has 1 amide bonds. The van der Waals surface area contributed by atoms with Crippen molar-refractivity contribution in [3.05, 3.63) is 89.2 Å². The molecule has 0 aliphatic rings. The molecule has 32 heavy (non-hydrogen) atoms. The minimum atomic E-state index is -4.14. The number of sulfonamides is 1. The lowest BCUT2D eigenvalue weighted by Crippen LogP contribution is -2.40. The summed E-state index contributed by atoms with van der Waals surface area (Å²) in [5.74, 6) is -0.517. The average molecular weight is 477 g/mol. The third-order valence-corrected chi connectivity index (χ3v) is 6.72. The van der Waals surface area contributed by atoms with Crippen LogP contribution in [0.25, 0.3) is 0 Å². The summed E-state index contributed by atoms with van der Waals surface area (Å²) >= 11 is 6.12. The van der Waals surface area contributed by atoms with Gasteiger partial charge in [0.25, 0.3) is 10.0 Å². The number of nitrogens with zero attached hydrogens (tertiary/aromatic N) is 1. The van der Waals surface area contributed by atoms with Crippen LogP contribution in [0.1, 0.15) is 12.5 Å². The minimum absolute atomic E-state index is 0.133. The summed E-state index contributed by atoms with van der Waals surface area (Å²) in [5, 5.41) is 3.19. The molecule has 3 aromatic carbocycles. The van der Waals surface area contributed by atoms with E-state index in [4.69, 9.17) is 16.3 Å². The molecule has 0 saturated carbocycles. The summed E-state index contributed by atoms with van der Waals surface area (Å²) in [6, 6.07) is 17.8. The molecule has 0 aromatic heterocycles. The molecule has 3 rings (SSSR count). The Hall–Kier alpha value is -3.10. The van der Waals surface area contributed by atoms with E-state index in [1.807, 2.05) is 6.92 Å². The Morgan fingerprint density at radius 1 is 1.03 bits per heavy atom. The number of carbonyl (C=O) groups excluding carboxylic acids is 1. The van der Waals surface area contributed by atoms with Crippen LogP contribution in [0.15, 0.2) is 77.7 Å². The number of halogens is 2. The zero-order valence-corrected chi connectivity index (χ0v) is 18.9. The number of anilines is 1. The molecule has 0 heterocycles. The fourth-order valence-corrected chi connectivity index (χ4v) is 4.57. The molecule has 0 spiro atoms. The Balaban J connectivity index is 1.86. The third kappa shape index (κ3) is 5.77. The van der Waals surface area contributed by atoms with Crippen LogP contribution in [0.3, 0.4) is 0 Å². The topological polar surface area (TPSA) is 75.7 Å². The number of ether oxygens (including phenoxy) is 1. The molecule has 0 aliphatic carbocycles. The molecule has 0 saturated heterocycles. The van der Waals surface area contributed by atoms with Crippen molar-refractivity contribution in [1.29, 1.82) is 0 Å². The molecular weight excluding hydrogens is 455 g/mol. The first kappa shape index (κ1) is 23.6. The van der Waals surface area contributed by atoms with E-state index in [0.717, 1.165) is 28.6 Å². The second-order valence-corrected chi connectivity index (χ2v) is 9.03. The van der Waals surface area contributed by atoms with Gasteiger partial charge in [-0.1, -0.05) is 29.8 Å². The molecule has 6 nitrogen and oxygen atoms in total. The van der Waals surface area contributed by atoms with E-state index >= 15 is 0 Å². The number of hydrogen-bond acceptors (Lipinski definition) is 4. The van der Waals surface area contributed by atoms with Crippen molar-refractivity contribution in [2.45, 2.75) is 18.4 Å². The van der Waals surface area contributed by atoms with Gasteiger partial charge in [0, 0.05) is 11.6 Å². The Morgan fingerprint density at radius 2 is 1.69 bits per heavy atom. The zero-order chi connectivity index (χ0) is 23.1. The largest absolute Gasteiger partial charge is 0.494 e. The highest BCUT2D eigenvalue weighted by atomic mass is 35.5. The maximum atomic E-state index is 13.3. The number of carbonyl (C=O) groups is 1. The monoisotopic (exact) mass is 476 g/mol. The summed E-state index contributed by atoms with van der Waals surface area (Å²) in [5.41, 5.74) is 0.974. The predicted octanol–water partition coefficient (Wildman–Crippen LogP) is 4.39. The van der Waals surface area contributed by atoms with E-state index in [1.165, 1.54) is 0 Å². The van der Waals surface area contributed by atoms with E-state index in [0.29, 0.717) is 22.9 Å². The van der Waals surface area contributed by atoms with E-state index in [1.54, 1.807) is 48.5 Å². The SMILES string of the molecule is CCOc1ccc(N(CC(=O)NCc2ccccc2Cl)S(=O)(=O)c2ccc(F)cc2)cc1. The summed E-state index contributed by atoms with van der Waals surface area (Å²) in [4.78, 5) is 12.5. The minimum Gasteiger partial charge on any atom is -0.494 e. The van der Waals surface area contributed by atoms with Gasteiger partial charge in [0.15, 0.2) is 0 Å². The van der Waals surface area contributed by atoms with Gasteiger partial charge in [-0.05, 0) is 67.1 Å². The average Bonchev–Trinajstić information content (AvgIpc) is 2.78. The van der Waals surface area contributed by atoms with Crippen molar-refractivity contribution in [2.24, 2.45) is 0 Å². The fourth-order valence-electron chi connectivity index (χ4n) is 2.95. The molecule has 3 aromatic rings. The van der Waals surface area contributed by atoms with Crippen molar-refractivity contribution < 1.29 is 22.3 Å². The van der Waals surface area contributed by atoms with Gasteiger partial charge in [-0.3, -0.25) is 9.10 Å². The van der Waals surface area contributed by atoms with E-state index in [9.17, 15) is 17.6 Å². The summed E-state index contributed by atoms with van der Waals surface area (Å²) < 4.78 is 46.3. The van der Waals surface area contributed by atoms with Gasteiger partial charge in [0.05, 0.1) is 17.2 Å². The number of hydrogen-bond donors (Lipinski definition) is 1. The van der Waals surface area contributed by atoms with Gasteiger partial charge in [-0.25, -0.2) is 12.8 Å². The highest BCUT2D eigenvalue weighted by Crippen LogP contribution is 2.26. The lowest BCUT2D eigenvalue weighted by atomic mass is 10.2. The van der Waals surface area contributed by atoms with Gasteiger partial charge in [-0.15, -0.1) is 0 Å². The Kier molecular flexibility index (Phi) is 7.71. The van der Waals surface area contributed by atoms with Gasteiger partial charge in [0.1, 0.15) is 18.1 Å². The number of amides is 1. The smallest absolute Gasteiger partial charge is 0.264 e. The van der Waals surface area contributed by atoms with E-state index in [2.05, 4.69) is 5.32 Å². The van der Waals surface area contributed by atoms with Crippen LogP contribution < -0.4 is 14.4 Å². The second-order valence-electron chi connectivity index (χ2n) is 6.76. The quantitative estimate of drug-likeness (QED) is 0.497. The lowest BCUT2D eigenvalue weighted by molar-refractivity contribution is -0.119. The fraction of sp³-hybridized carbons (Fsp3) is 0.174. The third-order valence-electron chi connectivity index (χ3n) is 4.56. The van der Waals surface area contributed by atoms with Crippen molar-refractivity contribution in [1.82, 2.24) is 5.32 Å². The van der Waals surface area contributed by atoms with E-state index in [-0.39, 0.29) is 17.1 Å². The lowest BCUT2D eigenvalue weighted by Gasteiger charge is -2.24. The number of benzene rings is 3. The molecule has 0 aliphatic heterocycles. The summed E-state index contributed by atoms with van der Waals surface area (Å²) in [6.45, 7) is 1.97. The molecule has 0 bridgehead atoms. The molecule has 0 unspecified atom stereocenters. The van der Waals surface area contributed by atoms with Crippen LogP contribution in [0.4, 0.5) is 10.1 Å². The van der Waals surface area contributed by atoms with Crippen molar-refractivity contribution >= 4 is 33.2 Å². The van der Waals surface area contributed by atoms with E-state index < -0.39 is 28.3 Å². The van der Waals surface area contributed by atoms with Gasteiger partial charge >= 0.3 is 0 Å². The first-order valence-electron chi connectivity index (χ1n) is 9.82. The Bertz CT molecular complexity index is 1170. The molecule has 168 valence electrons. The van der Waals surface area contributed by atoms with Gasteiger partial charge < -0.3 is 10.1 Å². The molecular formula is C23H22ClFN2O4S. The van der Waals surface area contributed by atoms with Gasteiger partial charge in [-0.2, -0.15) is 0 Å². The summed E-state index contributed by atoms with van der Waals surface area (Å²) in [6.07, 6.45) is 0. The first-order valence-corrected chi connectivity index (χ1v) is 11.6. The van der Waals surface area contributed by atoms with Gasteiger partial charge in [0.2, 0.25) is 5.91 Å². The number of nitrogens with one attached hydrogen (secondary N) is 1. The highest BCUT2D eigenvalue weighted by Gasteiger charge is 2.27. The molecule has 1 N–H and O–H groups in total. The maximum absolute atomic E-state index is 13.3. The maximum Gasteiger partial charge on any atom is 0.264 e. The predicted molar refractivity (Wildman–Crippen MR) is 122 cm³/mol. The van der Waals surface area contributed by atoms with Crippen LogP contribution in [0.2, 0.25) is 5.02 Å². The van der Waals surface area contributed by atoms with Crippen molar-refractivity contribution in [3.63, 3.8) is 0 Å². The highest BCUT2D eigenvalue weighted by molar-refractivity contribution is 7.92. The van der Waals surface area contributed by atoms with Crippen LogP contribution in [-0.2, 0) is 21.4 Å². The van der Waals surface area contributed by atoms with Crippen LogP contribution in [0, 0.1) is 5.82 Å². The first-order chi connectivity index (χ1) is 15.3.